The Kier molecular flexibility index (Phi) is 10.8. The van der Waals surface area contributed by atoms with Gasteiger partial charge in [0.1, 0.15) is 11.5 Å². The molecule has 0 bridgehead atoms. The molecule has 12 heteroatoms. The highest BCUT2D eigenvalue weighted by molar-refractivity contribution is 7.89. The zero-order valence-corrected chi connectivity index (χ0v) is 22.2. The van der Waals surface area contributed by atoms with Gasteiger partial charge in [0.15, 0.2) is 5.11 Å². The van der Waals surface area contributed by atoms with Crippen LogP contribution in [0.25, 0.3) is 0 Å². The summed E-state index contributed by atoms with van der Waals surface area (Å²) in [5, 5.41) is 6.32. The predicted molar refractivity (Wildman–Crippen MR) is 139 cm³/mol. The first-order chi connectivity index (χ1) is 16.1. The van der Waals surface area contributed by atoms with Crippen molar-refractivity contribution in [2.24, 2.45) is 0 Å². The maximum absolute atomic E-state index is 12.8. The van der Waals surface area contributed by atoms with Crippen LogP contribution in [0.1, 0.15) is 26.7 Å². The molecule has 186 valence electrons. The third-order valence-electron chi connectivity index (χ3n) is 4.71. The van der Waals surface area contributed by atoms with Gasteiger partial charge in [-0.05, 0) is 55.0 Å². The Morgan fingerprint density at radius 1 is 1.09 bits per heavy atom. The van der Waals surface area contributed by atoms with E-state index < -0.39 is 10.0 Å². The van der Waals surface area contributed by atoms with Crippen LogP contribution in [0.15, 0.2) is 41.3 Å². The predicted octanol–water partition coefficient (Wildman–Crippen LogP) is 4.70. The molecule has 2 rings (SSSR count). The fraction of sp³-hybridized carbons (Fsp3) is 0.364. The zero-order valence-electron chi connectivity index (χ0n) is 19.1. The number of nitrogens with zero attached hydrogens (tertiary/aromatic N) is 1. The summed E-state index contributed by atoms with van der Waals surface area (Å²) >= 11 is 17.1. The average molecular weight is 549 g/mol. The van der Waals surface area contributed by atoms with Crippen LogP contribution in [0.5, 0.6) is 11.5 Å². The molecule has 2 aromatic rings. The van der Waals surface area contributed by atoms with Crippen LogP contribution in [0, 0.1) is 0 Å². The normalized spacial score (nSPS) is 11.2. The second-order valence-electron chi connectivity index (χ2n) is 6.98. The summed E-state index contributed by atoms with van der Waals surface area (Å²) in [6, 6.07) is 9.32. The summed E-state index contributed by atoms with van der Waals surface area (Å²) in [5.41, 5.74) is 0.321. The molecule has 2 aromatic carbocycles. The molecular weight excluding hydrogens is 521 g/mol. The first-order valence-corrected chi connectivity index (χ1v) is 13.1. The van der Waals surface area contributed by atoms with Crippen LogP contribution in [0.3, 0.4) is 0 Å². The number of rotatable bonds is 11. The molecule has 0 radical (unpaired) electrons. The van der Waals surface area contributed by atoms with E-state index in [0.29, 0.717) is 46.7 Å². The summed E-state index contributed by atoms with van der Waals surface area (Å²) in [4.78, 5) is 12.3. The second-order valence-corrected chi connectivity index (χ2v) is 10.2. The number of nitrogens with one attached hydrogen (secondary N) is 2. The highest BCUT2D eigenvalue weighted by Crippen LogP contribution is 2.29. The fourth-order valence-electron chi connectivity index (χ4n) is 3.01. The molecular formula is C22H27Cl2N3O5S2. The summed E-state index contributed by atoms with van der Waals surface area (Å²) in [7, 11) is -2.22. The summed E-state index contributed by atoms with van der Waals surface area (Å²) in [6.07, 6.45) is 0.578. The number of halogens is 2. The van der Waals surface area contributed by atoms with Crippen molar-refractivity contribution in [2.45, 2.75) is 31.6 Å². The van der Waals surface area contributed by atoms with E-state index in [1.54, 1.807) is 32.0 Å². The molecule has 0 aliphatic carbocycles. The molecule has 0 aliphatic heterocycles. The highest BCUT2D eigenvalue weighted by Gasteiger charge is 2.23. The molecule has 1 amide bonds. The van der Waals surface area contributed by atoms with Gasteiger partial charge in [0, 0.05) is 24.5 Å². The number of methoxy groups -OCH3 is 1. The van der Waals surface area contributed by atoms with Gasteiger partial charge in [-0.25, -0.2) is 8.42 Å². The Labute approximate surface area is 215 Å². The lowest BCUT2D eigenvalue weighted by molar-refractivity contribution is -0.119. The number of amides is 1. The van der Waals surface area contributed by atoms with Gasteiger partial charge in [0.25, 0.3) is 0 Å². The molecule has 0 spiro atoms. The third-order valence-corrected chi connectivity index (χ3v) is 7.50. The van der Waals surface area contributed by atoms with Crippen LogP contribution in [-0.2, 0) is 14.8 Å². The lowest BCUT2D eigenvalue weighted by Gasteiger charge is -2.20. The van der Waals surface area contributed by atoms with E-state index in [1.165, 1.54) is 29.6 Å². The van der Waals surface area contributed by atoms with E-state index in [4.69, 9.17) is 44.9 Å². The van der Waals surface area contributed by atoms with E-state index in [-0.39, 0.29) is 28.9 Å². The molecule has 0 unspecified atom stereocenters. The first-order valence-electron chi connectivity index (χ1n) is 10.5. The van der Waals surface area contributed by atoms with Crippen molar-refractivity contribution < 1.29 is 22.7 Å². The van der Waals surface area contributed by atoms with E-state index in [1.807, 2.05) is 0 Å². The molecule has 0 aliphatic rings. The zero-order chi connectivity index (χ0) is 25.3. The highest BCUT2D eigenvalue weighted by atomic mass is 35.5. The average Bonchev–Trinajstić information content (AvgIpc) is 2.78. The van der Waals surface area contributed by atoms with Crippen molar-refractivity contribution in [3.8, 4) is 11.5 Å². The maximum atomic E-state index is 12.8. The topological polar surface area (TPSA) is 97.0 Å². The lowest BCUT2D eigenvalue weighted by atomic mass is 10.3. The van der Waals surface area contributed by atoms with Gasteiger partial charge in [0.05, 0.1) is 29.3 Å². The van der Waals surface area contributed by atoms with Gasteiger partial charge in [-0.15, -0.1) is 0 Å². The first kappa shape index (κ1) is 28.1. The van der Waals surface area contributed by atoms with Gasteiger partial charge < -0.3 is 20.1 Å². The second kappa shape index (κ2) is 13.1. The molecule has 34 heavy (non-hydrogen) atoms. The maximum Gasteiger partial charge on any atom is 0.243 e. The largest absolute Gasteiger partial charge is 0.495 e. The number of sulfonamides is 1. The number of thiocarbonyl (C=S) groups is 1. The van der Waals surface area contributed by atoms with Gasteiger partial charge in [-0.1, -0.05) is 37.0 Å². The van der Waals surface area contributed by atoms with Crippen molar-refractivity contribution in [3.63, 3.8) is 0 Å². The quantitative estimate of drug-likeness (QED) is 0.310. The summed E-state index contributed by atoms with van der Waals surface area (Å²) < 4.78 is 37.8. The van der Waals surface area contributed by atoms with Crippen LogP contribution in [-0.4, -0.2) is 50.5 Å². The van der Waals surface area contributed by atoms with E-state index >= 15 is 0 Å². The molecule has 2 N–H and O–H groups in total. The SMILES string of the molecule is CCN(CC)S(=O)(=O)c1ccc(OC)c(NC(=S)NC(=O)CCCOc2ccc(Cl)cc2Cl)c1. The Bertz CT molecular complexity index is 1130. The van der Waals surface area contributed by atoms with E-state index in [2.05, 4.69) is 10.6 Å². The smallest absolute Gasteiger partial charge is 0.243 e. The van der Waals surface area contributed by atoms with Crippen molar-refractivity contribution in [2.75, 3.05) is 32.1 Å². The Balaban J connectivity index is 1.94. The van der Waals surface area contributed by atoms with Crippen LogP contribution in [0.2, 0.25) is 10.0 Å². The van der Waals surface area contributed by atoms with Crippen molar-refractivity contribution >= 4 is 62.2 Å². The Morgan fingerprint density at radius 2 is 1.76 bits per heavy atom. The standard InChI is InChI=1S/C22H27Cl2N3O5S2/c1-4-27(5-2)34(29,30)16-9-11-20(31-3)18(14-16)25-22(33)26-21(28)7-6-12-32-19-10-8-15(23)13-17(19)24/h8-11,13-14H,4-7,12H2,1-3H3,(H2,25,26,28,33). The minimum Gasteiger partial charge on any atom is -0.495 e. The van der Waals surface area contributed by atoms with E-state index in [0.717, 1.165) is 0 Å². The van der Waals surface area contributed by atoms with E-state index in [9.17, 15) is 13.2 Å². The molecule has 0 saturated carbocycles. The van der Waals surface area contributed by atoms with Crippen molar-refractivity contribution in [1.82, 2.24) is 9.62 Å². The van der Waals surface area contributed by atoms with Crippen LogP contribution in [0.4, 0.5) is 5.69 Å². The lowest BCUT2D eigenvalue weighted by Crippen LogP contribution is -2.34. The number of carbonyl (C=O) groups excluding carboxylic acids is 1. The van der Waals surface area contributed by atoms with Gasteiger partial charge >= 0.3 is 0 Å². The Morgan fingerprint density at radius 3 is 2.38 bits per heavy atom. The summed E-state index contributed by atoms with van der Waals surface area (Å²) in [6.45, 7) is 4.49. The minimum absolute atomic E-state index is 0.0161. The third kappa shape index (κ3) is 7.71. The number of anilines is 1. The molecule has 0 atom stereocenters. The van der Waals surface area contributed by atoms with Crippen molar-refractivity contribution in [3.05, 3.63) is 46.4 Å². The molecule has 8 nitrogen and oxygen atoms in total. The molecule has 0 saturated heterocycles. The molecule has 0 fully saturated rings. The Hall–Kier alpha value is -2.11. The molecule has 0 heterocycles. The van der Waals surface area contributed by atoms with Crippen LogP contribution >= 0.6 is 35.4 Å². The molecule has 0 aromatic heterocycles. The van der Waals surface area contributed by atoms with Crippen molar-refractivity contribution in [1.29, 1.82) is 0 Å². The number of hydrogen-bond donors (Lipinski definition) is 2. The fourth-order valence-corrected chi connectivity index (χ4v) is 5.18. The van der Waals surface area contributed by atoms with Gasteiger partial charge in [0.2, 0.25) is 15.9 Å². The van der Waals surface area contributed by atoms with Gasteiger partial charge in [-0.3, -0.25) is 4.79 Å². The van der Waals surface area contributed by atoms with Gasteiger partial charge in [-0.2, -0.15) is 4.31 Å². The van der Waals surface area contributed by atoms with Crippen LogP contribution < -0.4 is 20.1 Å². The monoisotopic (exact) mass is 547 g/mol. The number of benzene rings is 2. The number of carbonyl (C=O) groups is 1. The summed E-state index contributed by atoms with van der Waals surface area (Å²) in [5.74, 6) is 0.535. The number of ether oxygens (including phenoxy) is 2. The minimum atomic E-state index is -3.67. The number of hydrogen-bond acceptors (Lipinski definition) is 6.